The zero-order valence-electron chi connectivity index (χ0n) is 14.0. The van der Waals surface area contributed by atoms with Crippen LogP contribution in [0.2, 0.25) is 0 Å². The summed E-state index contributed by atoms with van der Waals surface area (Å²) in [7, 11) is 1.52. The van der Waals surface area contributed by atoms with Crippen LogP contribution in [0.5, 0.6) is 0 Å². The molecule has 0 unspecified atom stereocenters. The van der Waals surface area contributed by atoms with Gasteiger partial charge < -0.3 is 19.6 Å². The summed E-state index contributed by atoms with van der Waals surface area (Å²) in [6.45, 7) is 2.48. The van der Waals surface area contributed by atoms with E-state index in [9.17, 15) is 14.7 Å². The Hall–Kier alpha value is -2.08. The summed E-state index contributed by atoms with van der Waals surface area (Å²) in [4.78, 5) is 28.0. The zero-order chi connectivity index (χ0) is 17.2. The molecule has 6 heteroatoms. The van der Waals surface area contributed by atoms with Crippen molar-refractivity contribution < 1.29 is 19.4 Å². The van der Waals surface area contributed by atoms with Gasteiger partial charge in [-0.05, 0) is 30.4 Å². The molecular formula is C18H24N2O4. The fourth-order valence-corrected chi connectivity index (χ4v) is 3.68. The van der Waals surface area contributed by atoms with Gasteiger partial charge in [0.05, 0.1) is 12.0 Å². The minimum absolute atomic E-state index is 0.0147. The number of amides is 2. The van der Waals surface area contributed by atoms with Crippen molar-refractivity contribution in [3.8, 4) is 0 Å². The lowest BCUT2D eigenvalue weighted by Crippen LogP contribution is -2.52. The van der Waals surface area contributed by atoms with Gasteiger partial charge in [0, 0.05) is 33.3 Å². The Morgan fingerprint density at radius 2 is 1.79 bits per heavy atom. The molecule has 130 valence electrons. The second-order valence-electron chi connectivity index (χ2n) is 6.73. The third-order valence-corrected chi connectivity index (χ3v) is 5.27. The van der Waals surface area contributed by atoms with Crippen LogP contribution in [0.25, 0.3) is 0 Å². The number of ether oxygens (including phenoxy) is 1. The van der Waals surface area contributed by atoms with E-state index >= 15 is 0 Å². The second kappa shape index (κ2) is 6.81. The summed E-state index contributed by atoms with van der Waals surface area (Å²) in [6.07, 6.45) is 1.75. The number of carboxylic acids is 1. The first-order chi connectivity index (χ1) is 11.6. The molecule has 2 aliphatic rings. The van der Waals surface area contributed by atoms with Crippen molar-refractivity contribution in [1.82, 2.24) is 9.80 Å². The number of methoxy groups -OCH3 is 1. The lowest BCUT2D eigenvalue weighted by molar-refractivity contribution is -0.155. The molecule has 0 spiro atoms. The molecule has 1 N–H and O–H groups in total. The highest BCUT2D eigenvalue weighted by molar-refractivity contribution is 5.77. The van der Waals surface area contributed by atoms with Crippen LogP contribution in [-0.2, 0) is 22.5 Å². The van der Waals surface area contributed by atoms with E-state index in [1.807, 2.05) is 17.0 Å². The number of rotatable bonds is 3. The zero-order valence-corrected chi connectivity index (χ0v) is 14.0. The van der Waals surface area contributed by atoms with Gasteiger partial charge in [-0.1, -0.05) is 24.3 Å². The maximum Gasteiger partial charge on any atom is 0.320 e. The number of aliphatic carboxylic acids is 1. The molecule has 3 rings (SSSR count). The normalized spacial score (nSPS) is 19.7. The average Bonchev–Trinajstić information content (AvgIpc) is 2.61. The van der Waals surface area contributed by atoms with Gasteiger partial charge in [-0.15, -0.1) is 0 Å². The molecule has 1 aromatic carbocycles. The fourth-order valence-electron chi connectivity index (χ4n) is 3.68. The van der Waals surface area contributed by atoms with E-state index in [0.717, 1.165) is 6.42 Å². The number of piperidine rings is 1. The van der Waals surface area contributed by atoms with Crippen molar-refractivity contribution in [2.75, 3.05) is 33.4 Å². The largest absolute Gasteiger partial charge is 0.481 e. The molecule has 2 aliphatic heterocycles. The Bertz CT molecular complexity index is 623. The number of carbonyl (C=O) groups is 2. The van der Waals surface area contributed by atoms with Crippen LogP contribution in [0.3, 0.4) is 0 Å². The Morgan fingerprint density at radius 1 is 1.12 bits per heavy atom. The second-order valence-corrected chi connectivity index (χ2v) is 6.73. The van der Waals surface area contributed by atoms with Crippen molar-refractivity contribution in [1.29, 1.82) is 0 Å². The van der Waals surface area contributed by atoms with Crippen LogP contribution in [0, 0.1) is 5.41 Å². The van der Waals surface area contributed by atoms with Gasteiger partial charge in [0.15, 0.2) is 0 Å². The van der Waals surface area contributed by atoms with Gasteiger partial charge in [0.25, 0.3) is 0 Å². The number of carboxylic acid groups (broad SMARTS) is 1. The summed E-state index contributed by atoms with van der Waals surface area (Å²) < 4.78 is 5.10. The van der Waals surface area contributed by atoms with Crippen LogP contribution in [0.4, 0.5) is 4.79 Å². The topological polar surface area (TPSA) is 70.1 Å². The molecule has 0 atom stereocenters. The molecule has 0 bridgehead atoms. The predicted octanol–water partition coefficient (Wildman–Crippen LogP) is 1.98. The molecule has 0 aliphatic carbocycles. The first kappa shape index (κ1) is 16.8. The minimum Gasteiger partial charge on any atom is -0.481 e. The quantitative estimate of drug-likeness (QED) is 0.919. The monoisotopic (exact) mass is 332 g/mol. The molecule has 0 aromatic heterocycles. The summed E-state index contributed by atoms with van der Waals surface area (Å²) in [5, 5.41) is 9.51. The van der Waals surface area contributed by atoms with Gasteiger partial charge in [-0.2, -0.15) is 0 Å². The van der Waals surface area contributed by atoms with Gasteiger partial charge in [-0.3, -0.25) is 4.79 Å². The standard InChI is InChI=1S/C18H24N2O4/c1-24-13-18(16(21)22)7-10-19(11-8-18)17(23)20-9-6-14-4-2-3-5-15(14)12-20/h2-5H,6-13H2,1H3,(H,21,22). The van der Waals surface area contributed by atoms with Crippen molar-refractivity contribution in [3.63, 3.8) is 0 Å². The predicted molar refractivity (Wildman–Crippen MR) is 88.7 cm³/mol. The van der Waals surface area contributed by atoms with Gasteiger partial charge >= 0.3 is 12.0 Å². The third-order valence-electron chi connectivity index (χ3n) is 5.27. The highest BCUT2D eigenvalue weighted by Crippen LogP contribution is 2.33. The molecule has 2 heterocycles. The Labute approximate surface area is 142 Å². The van der Waals surface area contributed by atoms with Crippen molar-refractivity contribution in [2.24, 2.45) is 5.41 Å². The van der Waals surface area contributed by atoms with E-state index in [2.05, 4.69) is 12.1 Å². The Balaban J connectivity index is 1.63. The smallest absolute Gasteiger partial charge is 0.320 e. The summed E-state index contributed by atoms with van der Waals surface area (Å²) in [5.41, 5.74) is 1.65. The number of fused-ring (bicyclic) bond motifs is 1. The number of hydrogen-bond donors (Lipinski definition) is 1. The minimum atomic E-state index is -0.861. The summed E-state index contributed by atoms with van der Waals surface area (Å²) >= 11 is 0. The molecule has 2 amide bonds. The van der Waals surface area contributed by atoms with Crippen LogP contribution in [-0.4, -0.2) is 60.3 Å². The maximum absolute atomic E-state index is 12.8. The van der Waals surface area contributed by atoms with E-state index in [1.165, 1.54) is 18.2 Å². The van der Waals surface area contributed by atoms with E-state index in [4.69, 9.17) is 4.74 Å². The molecule has 1 fully saturated rings. The first-order valence-electron chi connectivity index (χ1n) is 8.39. The molecule has 0 radical (unpaired) electrons. The SMILES string of the molecule is COCC1(C(=O)O)CCN(C(=O)N2CCc3ccccc3C2)CC1. The lowest BCUT2D eigenvalue weighted by atomic mass is 9.79. The van der Waals surface area contributed by atoms with Crippen LogP contribution >= 0.6 is 0 Å². The third kappa shape index (κ3) is 3.11. The highest BCUT2D eigenvalue weighted by Gasteiger charge is 2.43. The number of nitrogens with zero attached hydrogens (tertiary/aromatic N) is 2. The molecule has 1 aromatic rings. The number of urea groups is 1. The van der Waals surface area contributed by atoms with Crippen molar-refractivity contribution >= 4 is 12.0 Å². The summed E-state index contributed by atoms with van der Waals surface area (Å²) in [6, 6.07) is 8.23. The average molecular weight is 332 g/mol. The molecular weight excluding hydrogens is 308 g/mol. The van der Waals surface area contributed by atoms with Gasteiger partial charge in [0.2, 0.25) is 0 Å². The van der Waals surface area contributed by atoms with Crippen LogP contribution < -0.4 is 0 Å². The summed E-state index contributed by atoms with van der Waals surface area (Å²) in [5.74, 6) is -0.830. The van der Waals surface area contributed by atoms with Crippen LogP contribution in [0.15, 0.2) is 24.3 Å². The van der Waals surface area contributed by atoms with E-state index < -0.39 is 11.4 Å². The van der Waals surface area contributed by atoms with Crippen molar-refractivity contribution in [2.45, 2.75) is 25.8 Å². The number of benzene rings is 1. The number of carbonyl (C=O) groups excluding carboxylic acids is 1. The maximum atomic E-state index is 12.8. The fraction of sp³-hybridized carbons (Fsp3) is 0.556. The first-order valence-corrected chi connectivity index (χ1v) is 8.39. The van der Waals surface area contributed by atoms with Crippen molar-refractivity contribution in [3.05, 3.63) is 35.4 Å². The molecule has 0 saturated carbocycles. The van der Waals surface area contributed by atoms with E-state index in [1.54, 1.807) is 4.90 Å². The Kier molecular flexibility index (Phi) is 4.76. The molecule has 6 nitrogen and oxygen atoms in total. The Morgan fingerprint density at radius 3 is 2.42 bits per heavy atom. The van der Waals surface area contributed by atoms with E-state index in [0.29, 0.717) is 39.0 Å². The van der Waals surface area contributed by atoms with Crippen LogP contribution in [0.1, 0.15) is 24.0 Å². The molecule has 1 saturated heterocycles. The van der Waals surface area contributed by atoms with E-state index in [-0.39, 0.29) is 12.6 Å². The number of hydrogen-bond acceptors (Lipinski definition) is 3. The highest BCUT2D eigenvalue weighted by atomic mass is 16.5. The molecule has 24 heavy (non-hydrogen) atoms. The lowest BCUT2D eigenvalue weighted by Gasteiger charge is -2.41. The van der Waals surface area contributed by atoms with Gasteiger partial charge in [-0.25, -0.2) is 4.79 Å². The number of likely N-dealkylation sites (tertiary alicyclic amines) is 1. The van der Waals surface area contributed by atoms with Gasteiger partial charge in [0.1, 0.15) is 0 Å².